The molecular weight excluding hydrogens is 405 g/mol. The van der Waals surface area contributed by atoms with E-state index < -0.39 is 0 Å². The molecule has 7 nitrogen and oxygen atoms in total. The topological polar surface area (TPSA) is 78.8 Å². The van der Waals surface area contributed by atoms with Crippen molar-refractivity contribution in [3.63, 3.8) is 0 Å². The molecule has 0 aliphatic heterocycles. The van der Waals surface area contributed by atoms with Gasteiger partial charge in [0.25, 0.3) is 0 Å². The lowest BCUT2D eigenvalue weighted by Gasteiger charge is -2.17. The maximum Gasteiger partial charge on any atom is 0.350 e. The number of benzene rings is 1. The monoisotopic (exact) mass is 435 g/mol. The van der Waals surface area contributed by atoms with Crippen LogP contribution in [-0.2, 0) is 17.8 Å². The maximum absolute atomic E-state index is 14.0. The second kappa shape index (κ2) is 11.0. The molecule has 2 rings (SSSR count). The highest BCUT2D eigenvalue weighted by atomic mass is 32.1. The van der Waals surface area contributed by atoms with Crippen LogP contribution in [0.5, 0.6) is 0 Å². The fraction of sp³-hybridized carbons (Fsp3) is 0.476. The Hall–Kier alpha value is -2.52. The van der Waals surface area contributed by atoms with Crippen LogP contribution in [0.25, 0.3) is 0 Å². The van der Waals surface area contributed by atoms with Gasteiger partial charge in [-0.05, 0) is 52.6 Å². The van der Waals surface area contributed by atoms with Gasteiger partial charge in [-0.3, -0.25) is 4.99 Å². The van der Waals surface area contributed by atoms with Crippen molar-refractivity contribution in [2.24, 2.45) is 4.99 Å². The molecule has 2 N–H and O–H groups in total. The predicted octanol–water partition coefficient (Wildman–Crippen LogP) is 3.26. The Kier molecular flexibility index (Phi) is 8.73. The minimum Gasteiger partial charge on any atom is -0.462 e. The van der Waals surface area contributed by atoms with Gasteiger partial charge in [0.15, 0.2) is 5.96 Å². The molecule has 164 valence electrons. The van der Waals surface area contributed by atoms with Gasteiger partial charge in [0.05, 0.1) is 18.3 Å². The fourth-order valence-electron chi connectivity index (χ4n) is 2.84. The summed E-state index contributed by atoms with van der Waals surface area (Å²) in [4.78, 5) is 23.2. The van der Waals surface area contributed by atoms with Crippen molar-refractivity contribution in [1.82, 2.24) is 20.5 Å². The van der Waals surface area contributed by atoms with E-state index in [1.165, 1.54) is 17.4 Å². The summed E-state index contributed by atoms with van der Waals surface area (Å²) in [6.45, 7) is 6.89. The number of esters is 1. The van der Waals surface area contributed by atoms with E-state index in [0.29, 0.717) is 41.8 Å². The summed E-state index contributed by atoms with van der Waals surface area (Å²) in [7, 11) is 5.50. The van der Waals surface area contributed by atoms with Crippen LogP contribution >= 0.6 is 11.3 Å². The van der Waals surface area contributed by atoms with Crippen molar-refractivity contribution in [2.45, 2.75) is 39.9 Å². The van der Waals surface area contributed by atoms with Gasteiger partial charge in [0.2, 0.25) is 0 Å². The van der Waals surface area contributed by atoms with Crippen molar-refractivity contribution < 1.29 is 13.9 Å². The average molecular weight is 436 g/mol. The first-order chi connectivity index (χ1) is 14.2. The lowest BCUT2D eigenvalue weighted by molar-refractivity contribution is 0.0531. The first-order valence-electron chi connectivity index (χ1n) is 9.78. The van der Waals surface area contributed by atoms with Crippen LogP contribution in [0.2, 0.25) is 0 Å². The smallest absolute Gasteiger partial charge is 0.350 e. The molecule has 0 bridgehead atoms. The Balaban J connectivity index is 2.01. The molecular formula is C21H30FN5O2S. The van der Waals surface area contributed by atoms with Crippen LogP contribution in [0, 0.1) is 12.7 Å². The summed E-state index contributed by atoms with van der Waals surface area (Å²) in [5, 5.41) is 7.29. The number of nitrogens with zero attached hydrogens (tertiary/aromatic N) is 3. The van der Waals surface area contributed by atoms with Crippen molar-refractivity contribution in [3.05, 3.63) is 50.7 Å². The zero-order chi connectivity index (χ0) is 22.3. The second-order valence-corrected chi connectivity index (χ2v) is 8.17. The largest absolute Gasteiger partial charge is 0.462 e. The second-order valence-electron chi connectivity index (χ2n) is 7.14. The van der Waals surface area contributed by atoms with Crippen LogP contribution in [0.4, 0.5) is 4.39 Å². The number of carbonyl (C=O) groups is 1. The summed E-state index contributed by atoms with van der Waals surface area (Å²) in [5.74, 6) is 0.0324. The summed E-state index contributed by atoms with van der Waals surface area (Å²) in [6, 6.07) is 4.95. The summed E-state index contributed by atoms with van der Waals surface area (Å²) >= 11 is 1.31. The quantitative estimate of drug-likeness (QED) is 0.376. The minimum atomic E-state index is -0.349. The first-order valence-corrected chi connectivity index (χ1v) is 10.6. The molecule has 0 aliphatic rings. The van der Waals surface area contributed by atoms with Gasteiger partial charge in [-0.1, -0.05) is 6.07 Å². The zero-order valence-electron chi connectivity index (χ0n) is 18.4. The Bertz CT molecular complexity index is 898. The molecule has 0 radical (unpaired) electrons. The maximum atomic E-state index is 14.0. The van der Waals surface area contributed by atoms with E-state index in [-0.39, 0.29) is 17.8 Å². The number of carbonyl (C=O) groups excluding carboxylic acids is 1. The number of aromatic nitrogens is 1. The number of rotatable bonds is 8. The van der Waals surface area contributed by atoms with E-state index in [0.717, 1.165) is 10.6 Å². The van der Waals surface area contributed by atoms with E-state index in [1.807, 2.05) is 32.0 Å². The van der Waals surface area contributed by atoms with Crippen molar-refractivity contribution >= 4 is 23.3 Å². The molecule has 0 spiro atoms. The molecule has 30 heavy (non-hydrogen) atoms. The third kappa shape index (κ3) is 6.50. The molecule has 0 aliphatic carbocycles. The number of hydrogen-bond donors (Lipinski definition) is 2. The molecule has 0 amide bonds. The number of halogens is 1. The molecule has 1 atom stereocenters. The van der Waals surface area contributed by atoms with Crippen LogP contribution in [-0.4, -0.2) is 49.6 Å². The highest BCUT2D eigenvalue weighted by molar-refractivity contribution is 7.13. The van der Waals surface area contributed by atoms with Gasteiger partial charge < -0.3 is 20.3 Å². The zero-order valence-corrected chi connectivity index (χ0v) is 19.2. The van der Waals surface area contributed by atoms with Crippen molar-refractivity contribution in [1.29, 1.82) is 0 Å². The Labute approximate surface area is 181 Å². The number of thiazole rings is 1. The third-order valence-electron chi connectivity index (χ3n) is 4.28. The molecule has 2 aromatic rings. The molecule has 1 aromatic heterocycles. The molecule has 1 aromatic carbocycles. The van der Waals surface area contributed by atoms with Crippen LogP contribution in [0.3, 0.4) is 0 Å². The summed E-state index contributed by atoms with van der Waals surface area (Å²) in [5.41, 5.74) is 2.27. The molecule has 0 saturated heterocycles. The number of nitrogens with one attached hydrogen (secondary N) is 2. The van der Waals surface area contributed by atoms with E-state index in [9.17, 15) is 9.18 Å². The van der Waals surface area contributed by atoms with Gasteiger partial charge in [0.1, 0.15) is 15.7 Å². The first kappa shape index (κ1) is 23.8. The third-order valence-corrected chi connectivity index (χ3v) is 5.60. The SMILES string of the molecule is CCOC(=O)c1sc(C(C)NC(=NC)NCc2ccc(F)c(CN(C)C)c2)nc1C. The van der Waals surface area contributed by atoms with Gasteiger partial charge >= 0.3 is 5.97 Å². The Morgan fingerprint density at radius 1 is 1.40 bits per heavy atom. The fourth-order valence-corrected chi connectivity index (χ4v) is 3.80. The van der Waals surface area contributed by atoms with Crippen molar-refractivity contribution in [3.8, 4) is 0 Å². The van der Waals surface area contributed by atoms with Gasteiger partial charge in [-0.25, -0.2) is 14.2 Å². The van der Waals surface area contributed by atoms with E-state index in [1.54, 1.807) is 27.0 Å². The Morgan fingerprint density at radius 3 is 2.77 bits per heavy atom. The number of guanidine groups is 1. The Morgan fingerprint density at radius 2 is 2.13 bits per heavy atom. The number of aryl methyl sites for hydroxylation is 1. The van der Waals surface area contributed by atoms with Crippen molar-refractivity contribution in [2.75, 3.05) is 27.7 Å². The lowest BCUT2D eigenvalue weighted by atomic mass is 10.1. The molecule has 9 heteroatoms. The predicted molar refractivity (Wildman–Crippen MR) is 118 cm³/mol. The van der Waals surface area contributed by atoms with E-state index in [2.05, 4.69) is 20.6 Å². The minimum absolute atomic E-state index is 0.152. The highest BCUT2D eigenvalue weighted by Crippen LogP contribution is 2.24. The number of ether oxygens (including phenoxy) is 1. The highest BCUT2D eigenvalue weighted by Gasteiger charge is 2.20. The van der Waals surface area contributed by atoms with Crippen LogP contribution < -0.4 is 10.6 Å². The molecule has 1 heterocycles. The normalized spacial score (nSPS) is 12.7. The van der Waals surface area contributed by atoms with Crippen LogP contribution in [0.15, 0.2) is 23.2 Å². The van der Waals surface area contributed by atoms with E-state index >= 15 is 0 Å². The number of aliphatic imine (C=N–C) groups is 1. The van der Waals surface area contributed by atoms with Gasteiger partial charge in [-0.2, -0.15) is 0 Å². The average Bonchev–Trinajstić information content (AvgIpc) is 3.09. The standard InChI is InChI=1S/C21H30FN5O2S/c1-7-29-20(28)18-13(2)25-19(30-18)14(3)26-21(23-4)24-11-15-8-9-17(22)16(10-15)12-27(5)6/h8-10,14H,7,11-12H2,1-6H3,(H2,23,24,26). The summed E-state index contributed by atoms with van der Waals surface area (Å²) < 4.78 is 19.1. The molecule has 1 unspecified atom stereocenters. The van der Waals surface area contributed by atoms with Gasteiger partial charge in [-0.15, -0.1) is 11.3 Å². The van der Waals surface area contributed by atoms with E-state index in [4.69, 9.17) is 4.74 Å². The molecule has 0 fully saturated rings. The molecule has 0 saturated carbocycles. The summed E-state index contributed by atoms with van der Waals surface area (Å²) in [6.07, 6.45) is 0. The lowest BCUT2D eigenvalue weighted by Crippen LogP contribution is -2.38. The van der Waals surface area contributed by atoms with Gasteiger partial charge in [0, 0.05) is 25.7 Å². The van der Waals surface area contributed by atoms with Crippen LogP contribution in [0.1, 0.15) is 51.4 Å². The number of hydrogen-bond acceptors (Lipinski definition) is 6.